The maximum atomic E-state index is 12.9. The number of hydrogen-bond acceptors (Lipinski definition) is 6. The first-order valence-corrected chi connectivity index (χ1v) is 9.79. The minimum Gasteiger partial charge on any atom is -0.381 e. The molecule has 4 N–H and O–H groups in total. The Morgan fingerprint density at radius 2 is 2.04 bits per heavy atom. The van der Waals surface area contributed by atoms with Gasteiger partial charge in [0.15, 0.2) is 0 Å². The molecule has 28 heavy (non-hydrogen) atoms. The quantitative estimate of drug-likeness (QED) is 0.616. The zero-order valence-corrected chi connectivity index (χ0v) is 15.8. The first-order chi connectivity index (χ1) is 13.5. The van der Waals surface area contributed by atoms with Crippen molar-refractivity contribution in [2.45, 2.75) is 50.4 Å². The number of nitrogens with two attached hydrogens (primary N) is 1. The smallest absolute Gasteiger partial charge is 0.255 e. The van der Waals surface area contributed by atoms with E-state index in [0.29, 0.717) is 44.8 Å². The average molecular weight is 386 g/mol. The zero-order chi connectivity index (χ0) is 19.7. The van der Waals surface area contributed by atoms with Crippen LogP contribution in [-0.4, -0.2) is 54.0 Å². The summed E-state index contributed by atoms with van der Waals surface area (Å²) in [7, 11) is 0. The van der Waals surface area contributed by atoms with Crippen molar-refractivity contribution < 1.29 is 19.1 Å². The van der Waals surface area contributed by atoms with Crippen LogP contribution in [0.2, 0.25) is 0 Å². The first-order valence-electron chi connectivity index (χ1n) is 9.79. The van der Waals surface area contributed by atoms with Crippen LogP contribution in [0.5, 0.6) is 0 Å². The van der Waals surface area contributed by atoms with Crippen LogP contribution in [0, 0.1) is 0 Å². The molecule has 0 bridgehead atoms. The second-order valence-corrected chi connectivity index (χ2v) is 7.97. The van der Waals surface area contributed by atoms with E-state index in [-0.39, 0.29) is 29.7 Å². The standard InChI is InChI=1S/C20H26N4O4/c21-20(5-7-28-8-6-20)12-22-10-13-1-2-14-11-24(19(27)15(14)9-13)16-3-4-17(25)23-18(16)26/h1-2,9,16,22H,3-8,10-12,21H2,(H,23,25,26). The van der Waals surface area contributed by atoms with Crippen LogP contribution >= 0.6 is 0 Å². The number of benzene rings is 1. The lowest BCUT2D eigenvalue weighted by atomic mass is 9.91. The van der Waals surface area contributed by atoms with Gasteiger partial charge >= 0.3 is 0 Å². The summed E-state index contributed by atoms with van der Waals surface area (Å²) in [5.41, 5.74) is 8.71. The third kappa shape index (κ3) is 3.80. The second kappa shape index (κ2) is 7.62. The minimum atomic E-state index is -0.579. The third-order valence-corrected chi connectivity index (χ3v) is 5.89. The van der Waals surface area contributed by atoms with Gasteiger partial charge in [0.1, 0.15) is 6.04 Å². The number of piperidine rings is 1. The fourth-order valence-corrected chi connectivity index (χ4v) is 4.12. The molecule has 0 aromatic heterocycles. The number of carbonyl (C=O) groups is 3. The molecule has 1 atom stereocenters. The molecule has 150 valence electrons. The van der Waals surface area contributed by atoms with Gasteiger partial charge in [0, 0.05) is 50.4 Å². The summed E-state index contributed by atoms with van der Waals surface area (Å²) in [5.74, 6) is -0.809. The van der Waals surface area contributed by atoms with Gasteiger partial charge in [0.25, 0.3) is 5.91 Å². The van der Waals surface area contributed by atoms with Crippen LogP contribution in [0.1, 0.15) is 47.2 Å². The van der Waals surface area contributed by atoms with Gasteiger partial charge in [0.2, 0.25) is 11.8 Å². The SMILES string of the molecule is NC1(CNCc2ccc3c(c2)C(=O)N(C2CCC(=O)NC2=O)C3)CCOCC1. The Kier molecular flexibility index (Phi) is 5.18. The van der Waals surface area contributed by atoms with Crippen molar-refractivity contribution in [1.82, 2.24) is 15.5 Å². The highest BCUT2D eigenvalue weighted by Crippen LogP contribution is 2.28. The van der Waals surface area contributed by atoms with E-state index in [1.807, 2.05) is 18.2 Å². The highest BCUT2D eigenvalue weighted by molar-refractivity contribution is 6.05. The Labute approximate surface area is 163 Å². The molecule has 2 fully saturated rings. The fraction of sp³-hybridized carbons (Fsp3) is 0.550. The van der Waals surface area contributed by atoms with Crippen LogP contribution in [0.4, 0.5) is 0 Å². The molecule has 3 heterocycles. The lowest BCUT2D eigenvalue weighted by Gasteiger charge is -2.33. The molecule has 0 spiro atoms. The van der Waals surface area contributed by atoms with E-state index in [9.17, 15) is 14.4 Å². The van der Waals surface area contributed by atoms with E-state index in [4.69, 9.17) is 10.5 Å². The summed E-state index contributed by atoms with van der Waals surface area (Å²) in [6.45, 7) is 3.12. The molecule has 8 heteroatoms. The van der Waals surface area contributed by atoms with E-state index < -0.39 is 6.04 Å². The van der Waals surface area contributed by atoms with Gasteiger partial charge < -0.3 is 20.7 Å². The van der Waals surface area contributed by atoms with E-state index in [1.165, 1.54) is 0 Å². The van der Waals surface area contributed by atoms with Crippen molar-refractivity contribution in [3.8, 4) is 0 Å². The molecule has 8 nitrogen and oxygen atoms in total. The molecule has 4 rings (SSSR count). The number of ether oxygens (including phenoxy) is 1. The largest absolute Gasteiger partial charge is 0.381 e. The van der Waals surface area contributed by atoms with Gasteiger partial charge in [-0.2, -0.15) is 0 Å². The summed E-state index contributed by atoms with van der Waals surface area (Å²) >= 11 is 0. The molecule has 0 radical (unpaired) electrons. The summed E-state index contributed by atoms with van der Waals surface area (Å²) in [4.78, 5) is 37.9. The lowest BCUT2D eigenvalue weighted by Crippen LogP contribution is -2.52. The Morgan fingerprint density at radius 1 is 1.25 bits per heavy atom. The van der Waals surface area contributed by atoms with Gasteiger partial charge in [-0.25, -0.2) is 0 Å². The molecule has 3 aliphatic rings. The number of amides is 3. The number of imide groups is 1. The molecule has 3 aliphatic heterocycles. The Bertz CT molecular complexity index is 803. The number of hydrogen-bond donors (Lipinski definition) is 3. The zero-order valence-electron chi connectivity index (χ0n) is 15.8. The molecule has 0 saturated carbocycles. The van der Waals surface area contributed by atoms with Crippen LogP contribution in [-0.2, 0) is 27.4 Å². The van der Waals surface area contributed by atoms with Crippen molar-refractivity contribution in [3.63, 3.8) is 0 Å². The van der Waals surface area contributed by atoms with Crippen LogP contribution < -0.4 is 16.4 Å². The third-order valence-electron chi connectivity index (χ3n) is 5.89. The molecule has 1 aromatic rings. The van der Waals surface area contributed by atoms with Crippen molar-refractivity contribution in [3.05, 3.63) is 34.9 Å². The second-order valence-electron chi connectivity index (χ2n) is 7.97. The number of nitrogens with zero attached hydrogens (tertiary/aromatic N) is 1. The van der Waals surface area contributed by atoms with Crippen molar-refractivity contribution in [1.29, 1.82) is 0 Å². The molecule has 0 aliphatic carbocycles. The summed E-state index contributed by atoms with van der Waals surface area (Å²) < 4.78 is 5.37. The number of rotatable bonds is 5. The van der Waals surface area contributed by atoms with E-state index in [0.717, 1.165) is 24.0 Å². The number of fused-ring (bicyclic) bond motifs is 1. The normalized spacial score (nSPS) is 24.2. The van der Waals surface area contributed by atoms with E-state index in [2.05, 4.69) is 10.6 Å². The van der Waals surface area contributed by atoms with Crippen molar-refractivity contribution in [2.75, 3.05) is 19.8 Å². The molecular weight excluding hydrogens is 360 g/mol. The summed E-state index contributed by atoms with van der Waals surface area (Å²) in [6, 6.07) is 5.26. The maximum Gasteiger partial charge on any atom is 0.255 e. The summed E-state index contributed by atoms with van der Waals surface area (Å²) in [5, 5.41) is 5.72. The number of carbonyl (C=O) groups excluding carboxylic acids is 3. The van der Waals surface area contributed by atoms with Gasteiger partial charge in [-0.3, -0.25) is 19.7 Å². The topological polar surface area (TPSA) is 114 Å². The van der Waals surface area contributed by atoms with Crippen molar-refractivity contribution in [2.24, 2.45) is 5.73 Å². The van der Waals surface area contributed by atoms with E-state index in [1.54, 1.807) is 4.90 Å². The van der Waals surface area contributed by atoms with Crippen LogP contribution in [0.25, 0.3) is 0 Å². The van der Waals surface area contributed by atoms with Crippen LogP contribution in [0.3, 0.4) is 0 Å². The molecule has 1 aromatic carbocycles. The fourth-order valence-electron chi connectivity index (χ4n) is 4.12. The lowest BCUT2D eigenvalue weighted by molar-refractivity contribution is -0.136. The van der Waals surface area contributed by atoms with Gasteiger partial charge in [-0.1, -0.05) is 12.1 Å². The molecule has 1 unspecified atom stereocenters. The highest BCUT2D eigenvalue weighted by Gasteiger charge is 2.39. The van der Waals surface area contributed by atoms with Gasteiger partial charge in [-0.05, 0) is 36.5 Å². The molecule has 3 amide bonds. The molecular formula is C20H26N4O4. The highest BCUT2D eigenvalue weighted by atomic mass is 16.5. The van der Waals surface area contributed by atoms with Gasteiger partial charge in [-0.15, -0.1) is 0 Å². The predicted molar refractivity (Wildman–Crippen MR) is 101 cm³/mol. The maximum absolute atomic E-state index is 12.9. The Hall–Kier alpha value is -2.29. The van der Waals surface area contributed by atoms with Crippen molar-refractivity contribution >= 4 is 17.7 Å². The monoisotopic (exact) mass is 386 g/mol. The minimum absolute atomic E-state index is 0.147. The summed E-state index contributed by atoms with van der Waals surface area (Å²) in [6.07, 6.45) is 2.31. The first kappa shape index (κ1) is 19.0. The van der Waals surface area contributed by atoms with Gasteiger partial charge in [0.05, 0.1) is 0 Å². The van der Waals surface area contributed by atoms with Crippen LogP contribution in [0.15, 0.2) is 18.2 Å². The predicted octanol–water partition coefficient (Wildman–Crippen LogP) is 0.0451. The Morgan fingerprint density at radius 3 is 2.79 bits per heavy atom. The Balaban J connectivity index is 1.39. The number of nitrogens with one attached hydrogen (secondary N) is 2. The average Bonchev–Trinajstić information content (AvgIpc) is 2.98. The van der Waals surface area contributed by atoms with E-state index >= 15 is 0 Å². The molecule has 2 saturated heterocycles.